The van der Waals surface area contributed by atoms with Crippen LogP contribution in [-0.2, 0) is 0 Å². The SMILES string of the molecule is CN(C)c1ccc(N2CCCCCC2)c(N)c1. The number of hydrogen-bond donors (Lipinski definition) is 1. The Morgan fingerprint density at radius 2 is 1.71 bits per heavy atom. The molecule has 1 saturated heterocycles. The van der Waals surface area contributed by atoms with Gasteiger partial charge < -0.3 is 15.5 Å². The van der Waals surface area contributed by atoms with Gasteiger partial charge in [0.25, 0.3) is 0 Å². The maximum atomic E-state index is 6.17. The van der Waals surface area contributed by atoms with Gasteiger partial charge in [-0.15, -0.1) is 0 Å². The lowest BCUT2D eigenvalue weighted by molar-refractivity contribution is 0.726. The van der Waals surface area contributed by atoms with Gasteiger partial charge in [-0.25, -0.2) is 0 Å². The van der Waals surface area contributed by atoms with Crippen molar-refractivity contribution in [3.8, 4) is 0 Å². The van der Waals surface area contributed by atoms with Crippen molar-refractivity contribution in [2.45, 2.75) is 25.7 Å². The Labute approximate surface area is 104 Å². The van der Waals surface area contributed by atoms with Crippen LogP contribution in [0.25, 0.3) is 0 Å². The average molecular weight is 233 g/mol. The van der Waals surface area contributed by atoms with Gasteiger partial charge in [0.15, 0.2) is 0 Å². The van der Waals surface area contributed by atoms with Gasteiger partial charge in [-0.3, -0.25) is 0 Å². The summed E-state index contributed by atoms with van der Waals surface area (Å²) in [5.41, 5.74) is 9.45. The van der Waals surface area contributed by atoms with E-state index in [0.29, 0.717) is 0 Å². The smallest absolute Gasteiger partial charge is 0.0601 e. The zero-order chi connectivity index (χ0) is 12.3. The van der Waals surface area contributed by atoms with Gasteiger partial charge in [-0.2, -0.15) is 0 Å². The summed E-state index contributed by atoms with van der Waals surface area (Å²) in [5, 5.41) is 0. The predicted octanol–water partition coefficient (Wildman–Crippen LogP) is 2.72. The first-order chi connectivity index (χ1) is 8.18. The summed E-state index contributed by atoms with van der Waals surface area (Å²) in [7, 11) is 4.08. The fraction of sp³-hybridized carbons (Fsp3) is 0.571. The molecule has 1 aromatic carbocycles. The van der Waals surface area contributed by atoms with Crippen molar-refractivity contribution in [2.24, 2.45) is 0 Å². The highest BCUT2D eigenvalue weighted by molar-refractivity contribution is 5.73. The topological polar surface area (TPSA) is 32.5 Å². The summed E-state index contributed by atoms with van der Waals surface area (Å²) in [4.78, 5) is 4.52. The number of benzene rings is 1. The molecule has 0 bridgehead atoms. The second-order valence-corrected chi connectivity index (χ2v) is 5.04. The highest BCUT2D eigenvalue weighted by atomic mass is 15.1. The van der Waals surface area contributed by atoms with Crippen LogP contribution in [0, 0.1) is 0 Å². The second-order valence-electron chi connectivity index (χ2n) is 5.04. The molecule has 17 heavy (non-hydrogen) atoms. The van der Waals surface area contributed by atoms with Gasteiger partial charge in [0.05, 0.1) is 11.4 Å². The molecule has 2 N–H and O–H groups in total. The van der Waals surface area contributed by atoms with Crippen LogP contribution in [0.1, 0.15) is 25.7 Å². The molecule has 0 spiro atoms. The summed E-state index contributed by atoms with van der Waals surface area (Å²) in [6, 6.07) is 6.38. The zero-order valence-electron chi connectivity index (χ0n) is 10.9. The van der Waals surface area contributed by atoms with E-state index in [2.05, 4.69) is 28.0 Å². The number of rotatable bonds is 2. The molecule has 1 fully saturated rings. The van der Waals surface area contributed by atoms with Gasteiger partial charge >= 0.3 is 0 Å². The highest BCUT2D eigenvalue weighted by Crippen LogP contribution is 2.29. The minimum Gasteiger partial charge on any atom is -0.397 e. The summed E-state index contributed by atoms with van der Waals surface area (Å²) in [5.74, 6) is 0. The minimum atomic E-state index is 0.901. The van der Waals surface area contributed by atoms with Crippen molar-refractivity contribution in [1.82, 2.24) is 0 Å². The molecule has 1 aliphatic heterocycles. The Morgan fingerprint density at radius 3 is 2.24 bits per heavy atom. The lowest BCUT2D eigenvalue weighted by Gasteiger charge is -2.25. The molecule has 0 aromatic heterocycles. The third kappa shape index (κ3) is 2.84. The standard InChI is InChI=1S/C14H23N3/c1-16(2)12-7-8-14(13(15)11-12)17-9-5-3-4-6-10-17/h7-8,11H,3-6,9-10,15H2,1-2H3. The van der Waals surface area contributed by atoms with Gasteiger partial charge in [-0.05, 0) is 31.0 Å². The van der Waals surface area contributed by atoms with E-state index < -0.39 is 0 Å². The first kappa shape index (κ1) is 12.1. The van der Waals surface area contributed by atoms with Crippen molar-refractivity contribution in [3.63, 3.8) is 0 Å². The second kappa shape index (κ2) is 5.30. The molecule has 0 unspecified atom stereocenters. The maximum Gasteiger partial charge on any atom is 0.0601 e. The average Bonchev–Trinajstić information content (AvgIpc) is 2.57. The molecule has 0 atom stereocenters. The van der Waals surface area contributed by atoms with Crippen LogP contribution in [-0.4, -0.2) is 27.2 Å². The van der Waals surface area contributed by atoms with Gasteiger partial charge in [0.1, 0.15) is 0 Å². The molecule has 0 radical (unpaired) electrons. The van der Waals surface area contributed by atoms with E-state index in [-0.39, 0.29) is 0 Å². The predicted molar refractivity (Wildman–Crippen MR) is 75.9 cm³/mol. The largest absolute Gasteiger partial charge is 0.397 e. The molecule has 94 valence electrons. The number of nitrogens with zero attached hydrogens (tertiary/aromatic N) is 2. The van der Waals surface area contributed by atoms with E-state index >= 15 is 0 Å². The van der Waals surface area contributed by atoms with E-state index in [1.54, 1.807) is 0 Å². The third-order valence-electron chi connectivity index (χ3n) is 3.47. The Morgan fingerprint density at radius 1 is 1.06 bits per heavy atom. The summed E-state index contributed by atoms with van der Waals surface area (Å²) in [6.45, 7) is 2.29. The minimum absolute atomic E-state index is 0.901. The number of nitrogens with two attached hydrogens (primary N) is 1. The monoisotopic (exact) mass is 233 g/mol. The Balaban J connectivity index is 2.19. The van der Waals surface area contributed by atoms with Crippen LogP contribution in [0.15, 0.2) is 18.2 Å². The van der Waals surface area contributed by atoms with Crippen molar-refractivity contribution >= 4 is 17.1 Å². The van der Waals surface area contributed by atoms with E-state index in [1.807, 2.05) is 14.1 Å². The molecule has 0 saturated carbocycles. The first-order valence-corrected chi connectivity index (χ1v) is 6.50. The molecule has 0 amide bonds. The first-order valence-electron chi connectivity index (χ1n) is 6.50. The Bertz CT molecular complexity index is 366. The lowest BCUT2D eigenvalue weighted by Crippen LogP contribution is -2.25. The molecule has 0 aliphatic carbocycles. The Hall–Kier alpha value is -1.38. The van der Waals surface area contributed by atoms with Gasteiger partial charge in [0.2, 0.25) is 0 Å². The number of hydrogen-bond acceptors (Lipinski definition) is 3. The summed E-state index contributed by atoms with van der Waals surface area (Å²) < 4.78 is 0. The van der Waals surface area contributed by atoms with Gasteiger partial charge in [0, 0.05) is 32.9 Å². The van der Waals surface area contributed by atoms with E-state index in [4.69, 9.17) is 5.73 Å². The van der Waals surface area contributed by atoms with Crippen molar-refractivity contribution in [1.29, 1.82) is 0 Å². The van der Waals surface area contributed by atoms with Crippen molar-refractivity contribution in [2.75, 3.05) is 42.7 Å². The summed E-state index contributed by atoms with van der Waals surface area (Å²) in [6.07, 6.45) is 5.28. The van der Waals surface area contributed by atoms with Gasteiger partial charge in [-0.1, -0.05) is 12.8 Å². The third-order valence-corrected chi connectivity index (χ3v) is 3.47. The molecular formula is C14H23N3. The Kier molecular flexibility index (Phi) is 3.77. The van der Waals surface area contributed by atoms with E-state index in [1.165, 1.54) is 37.1 Å². The van der Waals surface area contributed by atoms with Crippen LogP contribution in [0.2, 0.25) is 0 Å². The molecule has 1 aliphatic rings. The van der Waals surface area contributed by atoms with Crippen LogP contribution >= 0.6 is 0 Å². The number of nitrogen functional groups attached to an aromatic ring is 1. The van der Waals surface area contributed by atoms with Crippen LogP contribution in [0.5, 0.6) is 0 Å². The van der Waals surface area contributed by atoms with E-state index in [9.17, 15) is 0 Å². The normalized spacial score (nSPS) is 16.7. The summed E-state index contributed by atoms with van der Waals surface area (Å²) >= 11 is 0. The fourth-order valence-electron chi connectivity index (χ4n) is 2.42. The molecule has 3 heteroatoms. The maximum absolute atomic E-state index is 6.17. The van der Waals surface area contributed by atoms with Crippen LogP contribution in [0.3, 0.4) is 0 Å². The molecular weight excluding hydrogens is 210 g/mol. The van der Waals surface area contributed by atoms with Crippen LogP contribution < -0.4 is 15.5 Å². The number of anilines is 3. The van der Waals surface area contributed by atoms with Crippen molar-refractivity contribution in [3.05, 3.63) is 18.2 Å². The van der Waals surface area contributed by atoms with E-state index in [0.717, 1.165) is 18.8 Å². The van der Waals surface area contributed by atoms with Crippen molar-refractivity contribution < 1.29 is 0 Å². The molecule has 2 rings (SSSR count). The highest BCUT2D eigenvalue weighted by Gasteiger charge is 2.12. The quantitative estimate of drug-likeness (QED) is 0.797. The van der Waals surface area contributed by atoms with Crippen LogP contribution in [0.4, 0.5) is 17.1 Å². The molecule has 1 heterocycles. The zero-order valence-corrected chi connectivity index (χ0v) is 10.9. The fourth-order valence-corrected chi connectivity index (χ4v) is 2.42. The lowest BCUT2D eigenvalue weighted by atomic mass is 10.2. The molecule has 1 aromatic rings. The molecule has 3 nitrogen and oxygen atoms in total.